The molecule has 2 rings (SSSR count). The van der Waals surface area contributed by atoms with E-state index in [1.54, 1.807) is 25.1 Å². The zero-order chi connectivity index (χ0) is 14.6. The Balaban J connectivity index is 2.35. The molecule has 1 atom stereocenters. The van der Waals surface area contributed by atoms with Gasteiger partial charge in [0, 0.05) is 31.7 Å². The van der Waals surface area contributed by atoms with Crippen molar-refractivity contribution in [1.29, 1.82) is 0 Å². The topological polar surface area (TPSA) is 24.5 Å². The molecule has 1 N–H and O–H groups in total. The fourth-order valence-corrected chi connectivity index (χ4v) is 2.51. The van der Waals surface area contributed by atoms with E-state index in [1.807, 2.05) is 0 Å². The number of piperazine rings is 1. The lowest BCUT2D eigenvalue weighted by molar-refractivity contribution is -0.188. The molecule has 3 nitrogen and oxygen atoms in total. The third kappa shape index (κ3) is 3.43. The van der Waals surface area contributed by atoms with Crippen molar-refractivity contribution in [3.05, 3.63) is 29.8 Å². The number of nitrogens with zero attached hydrogens (tertiary/aromatic N) is 1. The quantitative estimate of drug-likeness (QED) is 0.921. The molecule has 20 heavy (non-hydrogen) atoms. The van der Waals surface area contributed by atoms with Gasteiger partial charge >= 0.3 is 6.18 Å². The van der Waals surface area contributed by atoms with Crippen LogP contribution in [0.25, 0.3) is 0 Å². The molecule has 0 spiro atoms. The van der Waals surface area contributed by atoms with Gasteiger partial charge in [-0.15, -0.1) is 0 Å². The first kappa shape index (κ1) is 15.1. The number of ether oxygens (including phenoxy) is 1. The lowest BCUT2D eigenvalue weighted by Crippen LogP contribution is -2.49. The first-order valence-electron chi connectivity index (χ1n) is 6.77. The predicted molar refractivity (Wildman–Crippen MR) is 70.8 cm³/mol. The monoisotopic (exact) mass is 288 g/mol. The van der Waals surface area contributed by atoms with Crippen LogP contribution in [0.15, 0.2) is 24.3 Å². The minimum atomic E-state index is -4.31. The van der Waals surface area contributed by atoms with Crippen molar-refractivity contribution in [3.63, 3.8) is 0 Å². The van der Waals surface area contributed by atoms with Crippen molar-refractivity contribution >= 4 is 0 Å². The Kier molecular flexibility index (Phi) is 4.88. The normalized spacial score (nSPS) is 18.8. The summed E-state index contributed by atoms with van der Waals surface area (Å²) in [5.74, 6) is 0.316. The number of hydrogen-bond acceptors (Lipinski definition) is 3. The van der Waals surface area contributed by atoms with Gasteiger partial charge in [0.25, 0.3) is 0 Å². The molecule has 0 aliphatic carbocycles. The number of hydrogen-bond donors (Lipinski definition) is 1. The lowest BCUT2D eigenvalue weighted by Gasteiger charge is -2.36. The third-order valence-electron chi connectivity index (χ3n) is 3.34. The SMILES string of the molecule is CCOc1ccccc1[C@@H](N1CCNCC1)C(F)(F)F. The maximum Gasteiger partial charge on any atom is 0.408 e. The Morgan fingerprint density at radius 1 is 1.25 bits per heavy atom. The van der Waals surface area contributed by atoms with Gasteiger partial charge in [0.15, 0.2) is 0 Å². The molecule has 0 radical (unpaired) electrons. The fourth-order valence-electron chi connectivity index (χ4n) is 2.51. The van der Waals surface area contributed by atoms with Crippen LogP contribution in [0.2, 0.25) is 0 Å². The highest BCUT2D eigenvalue weighted by atomic mass is 19.4. The molecule has 0 unspecified atom stereocenters. The van der Waals surface area contributed by atoms with Crippen LogP contribution in [0.5, 0.6) is 5.75 Å². The Bertz CT molecular complexity index is 431. The van der Waals surface area contributed by atoms with Gasteiger partial charge < -0.3 is 10.1 Å². The highest BCUT2D eigenvalue weighted by molar-refractivity contribution is 5.37. The van der Waals surface area contributed by atoms with E-state index in [0.717, 1.165) is 0 Å². The smallest absolute Gasteiger partial charge is 0.408 e. The molecular weight excluding hydrogens is 269 g/mol. The Labute approximate surface area is 116 Å². The van der Waals surface area contributed by atoms with Crippen molar-refractivity contribution in [1.82, 2.24) is 10.2 Å². The number of benzene rings is 1. The second-order valence-corrected chi connectivity index (χ2v) is 4.70. The van der Waals surface area contributed by atoms with E-state index in [2.05, 4.69) is 5.32 Å². The summed E-state index contributed by atoms with van der Waals surface area (Å²) in [5, 5.41) is 3.07. The molecule has 1 aliphatic rings. The Hall–Kier alpha value is -1.27. The number of alkyl halides is 3. The maximum atomic E-state index is 13.5. The number of rotatable bonds is 4. The van der Waals surface area contributed by atoms with Crippen molar-refractivity contribution in [3.8, 4) is 5.75 Å². The van der Waals surface area contributed by atoms with Crippen LogP contribution in [0.1, 0.15) is 18.5 Å². The highest BCUT2D eigenvalue weighted by Gasteiger charge is 2.46. The average molecular weight is 288 g/mol. The van der Waals surface area contributed by atoms with E-state index in [0.29, 0.717) is 38.5 Å². The predicted octanol–water partition coefficient (Wildman–Crippen LogP) is 2.59. The van der Waals surface area contributed by atoms with Crippen LogP contribution in [-0.4, -0.2) is 43.9 Å². The summed E-state index contributed by atoms with van der Waals surface area (Å²) >= 11 is 0. The second kappa shape index (κ2) is 6.45. The third-order valence-corrected chi connectivity index (χ3v) is 3.34. The van der Waals surface area contributed by atoms with Gasteiger partial charge in [-0.3, -0.25) is 4.90 Å². The van der Waals surface area contributed by atoms with E-state index in [1.165, 1.54) is 11.0 Å². The molecule has 0 bridgehead atoms. The molecule has 112 valence electrons. The molecular formula is C14H19F3N2O. The zero-order valence-corrected chi connectivity index (χ0v) is 11.4. The molecule has 6 heteroatoms. The number of halogens is 3. The van der Waals surface area contributed by atoms with Gasteiger partial charge in [-0.05, 0) is 13.0 Å². The number of nitrogens with one attached hydrogen (secondary N) is 1. The summed E-state index contributed by atoms with van der Waals surface area (Å²) in [6.07, 6.45) is -4.31. The van der Waals surface area contributed by atoms with Crippen LogP contribution in [-0.2, 0) is 0 Å². The summed E-state index contributed by atoms with van der Waals surface area (Å²) in [7, 11) is 0. The van der Waals surface area contributed by atoms with Crippen LogP contribution in [0.4, 0.5) is 13.2 Å². The maximum absolute atomic E-state index is 13.5. The van der Waals surface area contributed by atoms with E-state index < -0.39 is 12.2 Å². The van der Waals surface area contributed by atoms with Crippen molar-refractivity contribution in [2.45, 2.75) is 19.1 Å². The largest absolute Gasteiger partial charge is 0.494 e. The lowest BCUT2D eigenvalue weighted by atomic mass is 10.0. The molecule has 1 saturated heterocycles. The van der Waals surface area contributed by atoms with E-state index in [-0.39, 0.29) is 5.56 Å². The standard InChI is InChI=1S/C14H19F3N2O/c1-2-20-12-6-4-3-5-11(12)13(14(15,16)17)19-9-7-18-8-10-19/h3-6,13,18H,2,7-10H2,1H3/t13-/m1/s1. The minimum absolute atomic E-state index is 0.198. The molecule has 0 amide bonds. The summed E-state index contributed by atoms with van der Waals surface area (Å²) < 4.78 is 45.8. The van der Waals surface area contributed by atoms with E-state index in [9.17, 15) is 13.2 Å². The van der Waals surface area contributed by atoms with Crippen LogP contribution < -0.4 is 10.1 Å². The van der Waals surface area contributed by atoms with Gasteiger partial charge in [-0.2, -0.15) is 13.2 Å². The Morgan fingerprint density at radius 3 is 2.50 bits per heavy atom. The van der Waals surface area contributed by atoms with Gasteiger partial charge in [-0.25, -0.2) is 0 Å². The molecule has 1 aromatic rings. The van der Waals surface area contributed by atoms with Gasteiger partial charge in [-0.1, -0.05) is 18.2 Å². The van der Waals surface area contributed by atoms with Crippen molar-refractivity contribution in [2.24, 2.45) is 0 Å². The molecule has 1 fully saturated rings. The highest BCUT2D eigenvalue weighted by Crippen LogP contribution is 2.41. The van der Waals surface area contributed by atoms with Gasteiger partial charge in [0.2, 0.25) is 0 Å². The average Bonchev–Trinajstić information content (AvgIpc) is 2.41. The number of para-hydroxylation sites is 1. The van der Waals surface area contributed by atoms with Crippen molar-refractivity contribution in [2.75, 3.05) is 32.8 Å². The van der Waals surface area contributed by atoms with E-state index in [4.69, 9.17) is 4.74 Å². The minimum Gasteiger partial charge on any atom is -0.494 e. The second-order valence-electron chi connectivity index (χ2n) is 4.70. The summed E-state index contributed by atoms with van der Waals surface area (Å²) in [6.45, 7) is 4.02. The van der Waals surface area contributed by atoms with Crippen LogP contribution in [0.3, 0.4) is 0 Å². The molecule has 1 aliphatic heterocycles. The summed E-state index contributed by atoms with van der Waals surface area (Å²) in [4.78, 5) is 1.47. The summed E-state index contributed by atoms with van der Waals surface area (Å²) in [6, 6.07) is 4.82. The zero-order valence-electron chi connectivity index (χ0n) is 11.4. The molecule has 0 aromatic heterocycles. The first-order chi connectivity index (χ1) is 9.54. The van der Waals surface area contributed by atoms with Crippen LogP contribution in [0, 0.1) is 0 Å². The van der Waals surface area contributed by atoms with Crippen LogP contribution >= 0.6 is 0 Å². The van der Waals surface area contributed by atoms with E-state index >= 15 is 0 Å². The van der Waals surface area contributed by atoms with Crippen molar-refractivity contribution < 1.29 is 17.9 Å². The fraction of sp³-hybridized carbons (Fsp3) is 0.571. The molecule has 1 aromatic carbocycles. The van der Waals surface area contributed by atoms with Gasteiger partial charge in [0.1, 0.15) is 11.8 Å². The molecule has 0 saturated carbocycles. The molecule has 1 heterocycles. The Morgan fingerprint density at radius 2 is 1.90 bits per heavy atom. The van der Waals surface area contributed by atoms with Gasteiger partial charge in [0.05, 0.1) is 6.61 Å². The first-order valence-corrected chi connectivity index (χ1v) is 6.77. The summed E-state index contributed by atoms with van der Waals surface area (Å²) in [5.41, 5.74) is 0.198.